The molecule has 0 fully saturated rings. The number of nitro benzene ring substituents is 1. The minimum absolute atomic E-state index is 0.0772. The summed E-state index contributed by atoms with van der Waals surface area (Å²) in [7, 11) is 0. The zero-order valence-corrected chi connectivity index (χ0v) is 14.2. The molecule has 0 aliphatic carbocycles. The summed E-state index contributed by atoms with van der Waals surface area (Å²) in [5.41, 5.74) is 1.40. The van der Waals surface area contributed by atoms with Gasteiger partial charge in [0.2, 0.25) is 0 Å². The molecule has 0 saturated carbocycles. The van der Waals surface area contributed by atoms with Crippen LogP contribution in [0.1, 0.15) is 27.4 Å². The highest BCUT2D eigenvalue weighted by Crippen LogP contribution is 2.21. The van der Waals surface area contributed by atoms with E-state index in [1.807, 2.05) is 12.1 Å². The average Bonchev–Trinajstić information content (AvgIpc) is 3.15. The Bertz CT molecular complexity index is 908. The van der Waals surface area contributed by atoms with Crippen molar-refractivity contribution < 1.29 is 14.1 Å². The van der Waals surface area contributed by atoms with E-state index in [1.54, 1.807) is 48.4 Å². The van der Waals surface area contributed by atoms with Gasteiger partial charge in [-0.1, -0.05) is 12.1 Å². The molecule has 7 heteroatoms. The molecule has 3 rings (SSSR count). The van der Waals surface area contributed by atoms with Crippen LogP contribution in [-0.2, 0) is 13.1 Å². The second kappa shape index (κ2) is 7.60. The van der Waals surface area contributed by atoms with Crippen LogP contribution in [0.15, 0.2) is 65.4 Å². The van der Waals surface area contributed by atoms with Gasteiger partial charge in [0, 0.05) is 23.4 Å². The quantitative estimate of drug-likeness (QED) is 0.498. The molecule has 0 N–H and O–H groups in total. The van der Waals surface area contributed by atoms with E-state index in [1.165, 1.54) is 12.3 Å². The van der Waals surface area contributed by atoms with Gasteiger partial charge in [0.15, 0.2) is 0 Å². The summed E-state index contributed by atoms with van der Waals surface area (Å²) in [5, 5.41) is 11.2. The number of carbonyl (C=O) groups is 1. The van der Waals surface area contributed by atoms with E-state index in [9.17, 15) is 14.9 Å². The van der Waals surface area contributed by atoms with Crippen LogP contribution >= 0.6 is 0 Å². The number of pyridine rings is 1. The molecule has 0 unspecified atom stereocenters. The number of rotatable bonds is 6. The number of aryl methyl sites for hydroxylation is 1. The van der Waals surface area contributed by atoms with Gasteiger partial charge in [-0.2, -0.15) is 0 Å². The molecular formula is C19H17N3O4. The molecule has 0 spiro atoms. The van der Waals surface area contributed by atoms with E-state index in [0.29, 0.717) is 17.0 Å². The summed E-state index contributed by atoms with van der Waals surface area (Å²) in [6, 6.07) is 13.5. The van der Waals surface area contributed by atoms with E-state index < -0.39 is 4.92 Å². The lowest BCUT2D eigenvalue weighted by Gasteiger charge is -2.21. The third-order valence-electron chi connectivity index (χ3n) is 3.95. The van der Waals surface area contributed by atoms with Crippen molar-refractivity contribution in [2.24, 2.45) is 0 Å². The Kier molecular flexibility index (Phi) is 5.07. The van der Waals surface area contributed by atoms with Crippen molar-refractivity contribution in [2.75, 3.05) is 0 Å². The summed E-state index contributed by atoms with van der Waals surface area (Å²) in [4.78, 5) is 29.5. The number of aromatic nitrogens is 1. The normalized spacial score (nSPS) is 10.5. The second-order valence-corrected chi connectivity index (χ2v) is 5.82. The van der Waals surface area contributed by atoms with Gasteiger partial charge in [0.05, 0.1) is 30.0 Å². The lowest BCUT2D eigenvalue weighted by Crippen LogP contribution is -2.30. The minimum Gasteiger partial charge on any atom is -0.467 e. The van der Waals surface area contributed by atoms with Crippen LogP contribution in [0, 0.1) is 17.0 Å². The van der Waals surface area contributed by atoms with Crippen LogP contribution in [0.5, 0.6) is 0 Å². The summed E-state index contributed by atoms with van der Waals surface area (Å²) >= 11 is 0. The van der Waals surface area contributed by atoms with Crippen LogP contribution in [0.2, 0.25) is 0 Å². The van der Waals surface area contributed by atoms with Gasteiger partial charge < -0.3 is 9.32 Å². The molecule has 1 aromatic carbocycles. The Morgan fingerprint density at radius 1 is 1.19 bits per heavy atom. The first-order valence-corrected chi connectivity index (χ1v) is 8.01. The molecule has 7 nitrogen and oxygen atoms in total. The van der Waals surface area contributed by atoms with Crippen LogP contribution < -0.4 is 0 Å². The molecule has 0 aliphatic rings. The fourth-order valence-electron chi connectivity index (χ4n) is 2.60. The number of nitro groups is 1. The largest absolute Gasteiger partial charge is 0.467 e. The highest BCUT2D eigenvalue weighted by molar-refractivity contribution is 5.95. The zero-order chi connectivity index (χ0) is 18.5. The van der Waals surface area contributed by atoms with E-state index in [-0.39, 0.29) is 30.2 Å². The molecule has 132 valence electrons. The van der Waals surface area contributed by atoms with Crippen LogP contribution in [0.25, 0.3) is 0 Å². The molecule has 0 atom stereocenters. The molecule has 26 heavy (non-hydrogen) atoms. The van der Waals surface area contributed by atoms with Gasteiger partial charge >= 0.3 is 0 Å². The van der Waals surface area contributed by atoms with Gasteiger partial charge in [0.1, 0.15) is 5.76 Å². The van der Waals surface area contributed by atoms with Crippen molar-refractivity contribution in [1.82, 2.24) is 9.88 Å². The first kappa shape index (κ1) is 17.3. The standard InChI is InChI=1S/C19H17N3O4/c1-14-7-8-15(11-18(14)22(24)25)19(23)21(13-17-6-4-10-26-17)12-16-5-2-3-9-20-16/h2-11H,12-13H2,1H3. The van der Waals surface area contributed by atoms with Crippen molar-refractivity contribution in [3.05, 3.63) is 93.7 Å². The molecule has 1 amide bonds. The smallest absolute Gasteiger partial charge is 0.273 e. The van der Waals surface area contributed by atoms with E-state index in [0.717, 1.165) is 0 Å². The lowest BCUT2D eigenvalue weighted by molar-refractivity contribution is -0.385. The number of carbonyl (C=O) groups excluding carboxylic acids is 1. The third kappa shape index (κ3) is 3.94. The Balaban J connectivity index is 1.91. The van der Waals surface area contributed by atoms with Crippen molar-refractivity contribution >= 4 is 11.6 Å². The summed E-state index contributed by atoms with van der Waals surface area (Å²) in [5.74, 6) is 0.297. The Labute approximate surface area is 150 Å². The van der Waals surface area contributed by atoms with Gasteiger partial charge in [-0.3, -0.25) is 19.9 Å². The molecule has 0 saturated heterocycles. The zero-order valence-electron chi connectivity index (χ0n) is 14.2. The van der Waals surface area contributed by atoms with Crippen molar-refractivity contribution in [1.29, 1.82) is 0 Å². The fourth-order valence-corrected chi connectivity index (χ4v) is 2.60. The van der Waals surface area contributed by atoms with E-state index in [2.05, 4.69) is 4.98 Å². The molecule has 3 aromatic rings. The highest BCUT2D eigenvalue weighted by Gasteiger charge is 2.21. The van der Waals surface area contributed by atoms with Gasteiger partial charge in [-0.25, -0.2) is 0 Å². The van der Waals surface area contributed by atoms with Crippen molar-refractivity contribution in [3.63, 3.8) is 0 Å². The summed E-state index contributed by atoms with van der Waals surface area (Å²) in [6.07, 6.45) is 3.19. The molecular weight excluding hydrogens is 334 g/mol. The number of benzene rings is 1. The van der Waals surface area contributed by atoms with E-state index in [4.69, 9.17) is 4.42 Å². The first-order chi connectivity index (χ1) is 12.5. The maximum atomic E-state index is 13.0. The number of amides is 1. The number of hydrogen-bond acceptors (Lipinski definition) is 5. The predicted octanol–water partition coefficient (Wildman–Crippen LogP) is 3.73. The van der Waals surface area contributed by atoms with E-state index >= 15 is 0 Å². The Hall–Kier alpha value is -3.48. The summed E-state index contributed by atoms with van der Waals surface area (Å²) < 4.78 is 5.35. The molecule has 0 bridgehead atoms. The maximum Gasteiger partial charge on any atom is 0.273 e. The van der Waals surface area contributed by atoms with Gasteiger partial charge in [-0.15, -0.1) is 0 Å². The SMILES string of the molecule is Cc1ccc(C(=O)N(Cc2ccccn2)Cc2ccco2)cc1[N+](=O)[O-]. The number of furan rings is 1. The number of nitrogens with zero attached hydrogens (tertiary/aromatic N) is 3. The Morgan fingerprint density at radius 3 is 2.69 bits per heavy atom. The average molecular weight is 351 g/mol. The van der Waals surface area contributed by atoms with Crippen LogP contribution in [0.3, 0.4) is 0 Å². The van der Waals surface area contributed by atoms with Crippen LogP contribution in [0.4, 0.5) is 5.69 Å². The molecule has 0 radical (unpaired) electrons. The van der Waals surface area contributed by atoms with Crippen LogP contribution in [-0.4, -0.2) is 20.7 Å². The summed E-state index contributed by atoms with van der Waals surface area (Å²) in [6.45, 7) is 2.15. The lowest BCUT2D eigenvalue weighted by atomic mass is 10.1. The fraction of sp³-hybridized carbons (Fsp3) is 0.158. The molecule has 2 aromatic heterocycles. The van der Waals surface area contributed by atoms with Gasteiger partial charge in [-0.05, 0) is 37.3 Å². The second-order valence-electron chi connectivity index (χ2n) is 5.82. The predicted molar refractivity (Wildman–Crippen MR) is 94.4 cm³/mol. The third-order valence-corrected chi connectivity index (χ3v) is 3.95. The number of hydrogen-bond donors (Lipinski definition) is 0. The molecule has 0 aliphatic heterocycles. The first-order valence-electron chi connectivity index (χ1n) is 8.01. The monoisotopic (exact) mass is 351 g/mol. The topological polar surface area (TPSA) is 89.5 Å². The van der Waals surface area contributed by atoms with Crippen molar-refractivity contribution in [3.8, 4) is 0 Å². The van der Waals surface area contributed by atoms with Crippen molar-refractivity contribution in [2.45, 2.75) is 20.0 Å². The van der Waals surface area contributed by atoms with Gasteiger partial charge in [0.25, 0.3) is 11.6 Å². The Morgan fingerprint density at radius 2 is 2.04 bits per heavy atom. The minimum atomic E-state index is -0.484. The highest BCUT2D eigenvalue weighted by atomic mass is 16.6. The molecule has 2 heterocycles. The maximum absolute atomic E-state index is 13.0.